The maximum absolute atomic E-state index is 15.4. The second-order valence-electron chi connectivity index (χ2n) is 22.5. The number of aromatic nitrogens is 2. The Hall–Kier alpha value is -6.63. The molecule has 10 rings (SSSR count). The minimum Gasteiger partial charge on any atom is -0.366 e. The molecule has 23 heteroatoms. The molecule has 5 fully saturated rings. The summed E-state index contributed by atoms with van der Waals surface area (Å²) in [7, 11) is -4.22. The first kappa shape index (κ1) is 54.7. The predicted octanol–water partition coefficient (Wildman–Crippen LogP) is 5.67. The van der Waals surface area contributed by atoms with E-state index in [1.165, 1.54) is 26.2 Å². The third-order valence-corrected chi connectivity index (χ3v) is 18.7. The van der Waals surface area contributed by atoms with Gasteiger partial charge in [0.15, 0.2) is 0 Å². The Kier molecular flexibility index (Phi) is 14.4. The molecule has 0 radical (unpaired) electrons. The smallest absolute Gasteiger partial charge is 0.366 e. The first-order valence-corrected chi connectivity index (χ1v) is 28.6. The van der Waals surface area contributed by atoms with Crippen LogP contribution in [0.2, 0.25) is 0 Å². The van der Waals surface area contributed by atoms with E-state index in [9.17, 15) is 52.4 Å². The van der Waals surface area contributed by atoms with Gasteiger partial charge in [-0.25, -0.2) is 4.79 Å². The molecule has 0 bridgehead atoms. The van der Waals surface area contributed by atoms with Gasteiger partial charge in [0.05, 0.1) is 39.5 Å². The first-order valence-electron chi connectivity index (χ1n) is 26.2. The number of fused-ring (bicyclic) bond motifs is 2. The number of amides is 6. The molecule has 3 aromatic carbocycles. The van der Waals surface area contributed by atoms with Gasteiger partial charge in [0.25, 0.3) is 5.91 Å². The number of likely N-dealkylation sites (tertiary alicyclic amines) is 3. The summed E-state index contributed by atoms with van der Waals surface area (Å²) < 4.78 is 50.7. The van der Waals surface area contributed by atoms with Crippen LogP contribution in [0, 0.1) is 28.6 Å². The number of benzene rings is 3. The van der Waals surface area contributed by atoms with Gasteiger partial charge in [-0.05, 0) is 103 Å². The SMILES string of the molecule is Cn1c(=O)n(C2CCC(=O)NC2=O)c2ccc(CC3CCN(C(=O)CO[C@@H]4CCN(C(=O)[C@@H](NC(=O)c5cc6cc(C(F)(F)P(=O)(O)O)ccc6s5)C(C)(C)C)[C@@H]4C(=O)N4C[C@H](c5ccccc5)[C@@H](C#N)C45CC5)CC3)cc21. The maximum atomic E-state index is 15.4. The second kappa shape index (κ2) is 20.5. The molecule has 1 saturated carbocycles. The number of rotatable bonds is 13. The van der Waals surface area contributed by atoms with Gasteiger partial charge in [0.1, 0.15) is 24.7 Å². The standard InChI is InChI=1S/C55H61F2N8O11PS/c1-53(2,3)47(60-49(69)43-27-34-26-35(11-14-42(34)78-43)55(56,57)77(73,74)75)51(71)63-23-18-41(46(63)50(70)64-29-36(33-8-6-5-7-9-33)37(28-58)54(64)19-20-54)76-30-45(67)62-21-16-31(17-22-62)24-32-10-12-38-40(25-32)61(4)52(72)65(38)39-13-15-44(66)59-48(39)68/h5-12,14,25-27,31,36-37,39,41,46-47H,13,15-24,29-30H2,1-4H3,(H,60,69)(H,59,66,68)(H2,73,74,75)/t36-,37-,39?,41-,46+,47-/m1/s1. The second-order valence-corrected chi connectivity index (χ2v) is 25.3. The largest absolute Gasteiger partial charge is 0.399 e. The van der Waals surface area contributed by atoms with Crippen LogP contribution in [0.5, 0.6) is 0 Å². The molecule has 6 amide bonds. The lowest BCUT2D eigenvalue weighted by Gasteiger charge is -2.38. The molecule has 4 saturated heterocycles. The van der Waals surface area contributed by atoms with E-state index in [-0.39, 0.29) is 78.6 Å². The number of ether oxygens (including phenoxy) is 1. The van der Waals surface area contributed by atoms with E-state index in [4.69, 9.17) is 4.74 Å². The highest BCUT2D eigenvalue weighted by Gasteiger charge is 2.65. The molecular formula is C55H61F2N8O11PS. The highest BCUT2D eigenvalue weighted by molar-refractivity contribution is 7.52. The summed E-state index contributed by atoms with van der Waals surface area (Å²) in [6.45, 7) is 5.99. The number of nitrogens with zero attached hydrogens (tertiary/aromatic N) is 6. The number of hydrogen-bond donors (Lipinski definition) is 4. The Labute approximate surface area is 451 Å². The van der Waals surface area contributed by atoms with Crippen LogP contribution in [0.1, 0.15) is 104 Å². The van der Waals surface area contributed by atoms with Crippen molar-refractivity contribution >= 4 is 75.5 Å². The fourth-order valence-electron chi connectivity index (χ4n) is 12.2. The van der Waals surface area contributed by atoms with E-state index in [0.717, 1.165) is 34.6 Å². The van der Waals surface area contributed by atoms with Gasteiger partial charge < -0.3 is 34.5 Å². The van der Waals surface area contributed by atoms with Crippen LogP contribution in [-0.2, 0) is 52.4 Å². The van der Waals surface area contributed by atoms with Gasteiger partial charge in [-0.2, -0.15) is 14.0 Å². The van der Waals surface area contributed by atoms with Gasteiger partial charge in [0.2, 0.25) is 29.5 Å². The molecule has 6 atom stereocenters. The van der Waals surface area contributed by atoms with Crippen molar-refractivity contribution in [1.29, 1.82) is 5.26 Å². The molecule has 4 N–H and O–H groups in total. The zero-order valence-corrected chi connectivity index (χ0v) is 45.2. The van der Waals surface area contributed by atoms with E-state index in [1.54, 1.807) is 37.6 Å². The Morgan fingerprint density at radius 3 is 2.32 bits per heavy atom. The summed E-state index contributed by atoms with van der Waals surface area (Å²) in [5.74, 6) is -3.51. The molecule has 1 unspecified atom stereocenters. The van der Waals surface area contributed by atoms with Crippen LogP contribution in [0.4, 0.5) is 8.78 Å². The van der Waals surface area contributed by atoms with Gasteiger partial charge in [-0.3, -0.25) is 47.8 Å². The lowest BCUT2D eigenvalue weighted by atomic mass is 9.85. The number of aryl methyl sites for hydroxylation is 1. The number of carbonyl (C=O) groups is 6. The van der Waals surface area contributed by atoms with Crippen molar-refractivity contribution in [2.24, 2.45) is 24.3 Å². The minimum absolute atomic E-state index is 0.0353. The summed E-state index contributed by atoms with van der Waals surface area (Å²) in [6, 6.07) is 18.8. The monoisotopic (exact) mass is 1110 g/mol. The van der Waals surface area contributed by atoms with Crippen LogP contribution in [-0.4, -0.2) is 126 Å². The Bertz CT molecular complexity index is 3410. The molecule has 2 aromatic heterocycles. The topological polar surface area (TPSA) is 254 Å². The molecule has 6 heterocycles. The van der Waals surface area contributed by atoms with Crippen molar-refractivity contribution in [3.63, 3.8) is 0 Å². The van der Waals surface area contributed by atoms with Crippen LogP contribution >= 0.6 is 18.9 Å². The number of imidazole rings is 1. The summed E-state index contributed by atoms with van der Waals surface area (Å²) in [5, 5.41) is 15.9. The Morgan fingerprint density at radius 1 is 0.949 bits per heavy atom. The zero-order valence-electron chi connectivity index (χ0n) is 43.5. The number of halogens is 2. The number of nitriles is 1. The van der Waals surface area contributed by atoms with Crippen molar-refractivity contribution in [2.45, 2.75) is 113 Å². The molecule has 412 valence electrons. The average Bonchev–Trinajstić information content (AvgIpc) is 3.91. The Balaban J connectivity index is 0.847. The highest BCUT2D eigenvalue weighted by atomic mass is 32.1. The third-order valence-electron chi connectivity index (χ3n) is 16.6. The van der Waals surface area contributed by atoms with Crippen molar-refractivity contribution in [3.05, 3.63) is 105 Å². The average molecular weight is 1110 g/mol. The summed E-state index contributed by atoms with van der Waals surface area (Å²) in [4.78, 5) is 120. The van der Waals surface area contributed by atoms with Gasteiger partial charge in [-0.15, -0.1) is 11.3 Å². The highest BCUT2D eigenvalue weighted by Crippen LogP contribution is 2.60. The zero-order chi connectivity index (χ0) is 55.8. The lowest BCUT2D eigenvalue weighted by Crippen LogP contribution is -2.60. The van der Waals surface area contributed by atoms with E-state index < -0.39 is 83.6 Å². The van der Waals surface area contributed by atoms with E-state index in [0.29, 0.717) is 60.9 Å². The van der Waals surface area contributed by atoms with Crippen LogP contribution in [0.15, 0.2) is 77.6 Å². The van der Waals surface area contributed by atoms with Gasteiger partial charge in [0, 0.05) is 55.8 Å². The van der Waals surface area contributed by atoms with E-state index in [1.807, 2.05) is 48.5 Å². The van der Waals surface area contributed by atoms with Crippen LogP contribution < -0.4 is 16.3 Å². The lowest BCUT2D eigenvalue weighted by molar-refractivity contribution is -0.153. The van der Waals surface area contributed by atoms with Gasteiger partial charge >= 0.3 is 18.9 Å². The predicted molar refractivity (Wildman–Crippen MR) is 282 cm³/mol. The van der Waals surface area contributed by atoms with Gasteiger partial charge in [-0.1, -0.05) is 63.2 Å². The third kappa shape index (κ3) is 9.97. The molecule has 19 nitrogen and oxygen atoms in total. The molecule has 1 spiro atoms. The van der Waals surface area contributed by atoms with Crippen molar-refractivity contribution in [2.75, 3.05) is 32.8 Å². The van der Waals surface area contributed by atoms with Crippen LogP contribution in [0.25, 0.3) is 21.1 Å². The van der Waals surface area contributed by atoms with Crippen molar-refractivity contribution in [1.82, 2.24) is 34.5 Å². The van der Waals surface area contributed by atoms with Crippen molar-refractivity contribution < 1.29 is 56.6 Å². The summed E-state index contributed by atoms with van der Waals surface area (Å²) in [6.07, 6.45) is 2.82. The minimum atomic E-state index is -5.87. The summed E-state index contributed by atoms with van der Waals surface area (Å²) in [5.41, 5.74) is -4.31. The van der Waals surface area contributed by atoms with Crippen molar-refractivity contribution in [3.8, 4) is 6.07 Å². The number of nitrogens with one attached hydrogen (secondary N) is 2. The first-order chi connectivity index (χ1) is 36.9. The molecule has 5 aromatic rings. The maximum Gasteiger partial charge on any atom is 0.399 e. The number of carbonyl (C=O) groups excluding carboxylic acids is 6. The Morgan fingerprint density at radius 2 is 1.67 bits per heavy atom. The van der Waals surface area contributed by atoms with E-state index in [2.05, 4.69) is 16.7 Å². The molecule has 1 aliphatic carbocycles. The number of thiophene rings is 1. The van der Waals surface area contributed by atoms with E-state index >= 15 is 9.59 Å². The quantitative estimate of drug-likeness (QED) is 0.0822. The number of imide groups is 1. The fraction of sp³-hybridized carbons (Fsp3) is 0.491. The molecule has 78 heavy (non-hydrogen) atoms. The normalized spacial score (nSPS) is 23.2. The number of piperidine rings is 2. The van der Waals surface area contributed by atoms with Crippen LogP contribution in [0.3, 0.4) is 0 Å². The number of hydrogen-bond acceptors (Lipinski definition) is 11. The summed E-state index contributed by atoms with van der Waals surface area (Å²) >= 11 is 0.938. The molecule has 5 aliphatic rings. The fourth-order valence-corrected chi connectivity index (χ4v) is 13.6. The molecule has 4 aliphatic heterocycles. The molecular weight excluding hydrogens is 1050 g/mol. The number of alkyl halides is 2.